The highest BCUT2D eigenvalue weighted by Gasteiger charge is 2.11. The smallest absolute Gasteiger partial charge is 0.236 e. The Balaban J connectivity index is 3.57. The van der Waals surface area contributed by atoms with Crippen LogP contribution in [0.5, 0.6) is 0 Å². The molecule has 0 aliphatic rings. The van der Waals surface area contributed by atoms with Crippen LogP contribution in [0.25, 0.3) is 0 Å². The molecule has 0 heterocycles. The summed E-state index contributed by atoms with van der Waals surface area (Å²) in [5, 5.41) is 2.82. The number of hydrogen-bond acceptors (Lipinski definition) is 3. The highest BCUT2D eigenvalue weighted by atomic mass is 32.2. The van der Waals surface area contributed by atoms with Crippen LogP contribution >= 0.6 is 11.8 Å². The molecule has 1 atom stereocenters. The average Bonchev–Trinajstić information content (AvgIpc) is 2.10. The van der Waals surface area contributed by atoms with E-state index in [-0.39, 0.29) is 11.9 Å². The number of amides is 1. The van der Waals surface area contributed by atoms with Gasteiger partial charge < -0.3 is 11.1 Å². The second-order valence-corrected chi connectivity index (χ2v) is 4.51. The van der Waals surface area contributed by atoms with E-state index in [9.17, 15) is 4.79 Å². The van der Waals surface area contributed by atoms with Crippen LogP contribution in [-0.2, 0) is 4.79 Å². The summed E-state index contributed by atoms with van der Waals surface area (Å²) in [6.07, 6.45) is 2.77. The fourth-order valence-electron chi connectivity index (χ4n) is 0.812. The number of carbonyl (C=O) groups excluding carboxylic acids is 1. The van der Waals surface area contributed by atoms with Crippen molar-refractivity contribution in [3.63, 3.8) is 0 Å². The number of rotatable bonds is 6. The third-order valence-corrected chi connectivity index (χ3v) is 2.30. The highest BCUT2D eigenvalue weighted by molar-refractivity contribution is 7.98. The SMILES string of the molecule is CSCC[C@H](N)C(=O)NCC(C)C. The van der Waals surface area contributed by atoms with E-state index in [0.29, 0.717) is 12.5 Å². The van der Waals surface area contributed by atoms with Gasteiger partial charge >= 0.3 is 0 Å². The maximum absolute atomic E-state index is 11.3. The zero-order valence-electron chi connectivity index (χ0n) is 8.67. The number of thioether (sulfide) groups is 1. The standard InChI is InChI=1S/C9H20N2OS/c1-7(2)6-11-9(12)8(10)4-5-13-3/h7-8H,4-6,10H2,1-3H3,(H,11,12)/t8-/m0/s1. The van der Waals surface area contributed by atoms with Crippen LogP contribution in [0.2, 0.25) is 0 Å². The van der Waals surface area contributed by atoms with Gasteiger partial charge in [-0.1, -0.05) is 13.8 Å². The van der Waals surface area contributed by atoms with Crippen molar-refractivity contribution in [2.75, 3.05) is 18.6 Å². The quantitative estimate of drug-likeness (QED) is 0.674. The minimum Gasteiger partial charge on any atom is -0.354 e. The van der Waals surface area contributed by atoms with Gasteiger partial charge in [-0.3, -0.25) is 4.79 Å². The van der Waals surface area contributed by atoms with Crippen molar-refractivity contribution in [3.05, 3.63) is 0 Å². The van der Waals surface area contributed by atoms with Gasteiger partial charge in [0.25, 0.3) is 0 Å². The van der Waals surface area contributed by atoms with Crippen LogP contribution in [0.1, 0.15) is 20.3 Å². The van der Waals surface area contributed by atoms with E-state index in [2.05, 4.69) is 19.2 Å². The second kappa shape index (κ2) is 7.21. The van der Waals surface area contributed by atoms with Gasteiger partial charge in [-0.05, 0) is 24.3 Å². The van der Waals surface area contributed by atoms with Crippen molar-refractivity contribution in [1.29, 1.82) is 0 Å². The number of nitrogens with two attached hydrogens (primary N) is 1. The van der Waals surface area contributed by atoms with Gasteiger partial charge in [0, 0.05) is 6.54 Å². The summed E-state index contributed by atoms with van der Waals surface area (Å²) in [6, 6.07) is -0.341. The summed E-state index contributed by atoms with van der Waals surface area (Å²) in [7, 11) is 0. The van der Waals surface area contributed by atoms with Crippen molar-refractivity contribution in [2.45, 2.75) is 26.3 Å². The van der Waals surface area contributed by atoms with Crippen LogP contribution in [0.4, 0.5) is 0 Å². The van der Waals surface area contributed by atoms with E-state index in [1.54, 1.807) is 11.8 Å². The molecule has 0 aromatic carbocycles. The molecule has 78 valence electrons. The van der Waals surface area contributed by atoms with Gasteiger partial charge in [0.15, 0.2) is 0 Å². The lowest BCUT2D eigenvalue weighted by molar-refractivity contribution is -0.122. The molecule has 0 spiro atoms. The molecule has 0 bridgehead atoms. The molecule has 3 N–H and O–H groups in total. The zero-order chi connectivity index (χ0) is 10.3. The normalized spacial score (nSPS) is 13.0. The largest absolute Gasteiger partial charge is 0.354 e. The third-order valence-electron chi connectivity index (χ3n) is 1.65. The topological polar surface area (TPSA) is 55.1 Å². The first kappa shape index (κ1) is 12.8. The Morgan fingerprint density at radius 2 is 2.15 bits per heavy atom. The summed E-state index contributed by atoms with van der Waals surface area (Å²) in [4.78, 5) is 11.3. The van der Waals surface area contributed by atoms with E-state index in [1.807, 2.05) is 6.26 Å². The minimum atomic E-state index is -0.341. The number of hydrogen-bond donors (Lipinski definition) is 2. The lowest BCUT2D eigenvalue weighted by atomic mass is 10.2. The average molecular weight is 204 g/mol. The van der Waals surface area contributed by atoms with E-state index in [1.165, 1.54) is 0 Å². The second-order valence-electron chi connectivity index (χ2n) is 3.53. The Labute approximate surface area is 84.8 Å². The summed E-state index contributed by atoms with van der Waals surface area (Å²) >= 11 is 1.71. The molecule has 0 aromatic rings. The third kappa shape index (κ3) is 6.90. The fourth-order valence-corrected chi connectivity index (χ4v) is 1.30. The molecule has 0 aromatic heterocycles. The molecule has 13 heavy (non-hydrogen) atoms. The first-order valence-corrected chi connectivity index (χ1v) is 5.99. The first-order chi connectivity index (χ1) is 6.07. The lowest BCUT2D eigenvalue weighted by Gasteiger charge is -2.12. The Hall–Kier alpha value is -0.220. The Morgan fingerprint density at radius 3 is 2.62 bits per heavy atom. The molecular formula is C9H20N2OS. The van der Waals surface area contributed by atoms with Crippen LogP contribution in [-0.4, -0.2) is 30.5 Å². The maximum atomic E-state index is 11.3. The highest BCUT2D eigenvalue weighted by Crippen LogP contribution is 1.98. The molecule has 0 saturated carbocycles. The summed E-state index contributed by atoms with van der Waals surface area (Å²) in [5.74, 6) is 1.40. The van der Waals surface area contributed by atoms with E-state index in [0.717, 1.165) is 12.2 Å². The molecule has 0 aliphatic carbocycles. The Kier molecular flexibility index (Phi) is 7.09. The van der Waals surface area contributed by atoms with Crippen molar-refractivity contribution >= 4 is 17.7 Å². The Bertz CT molecular complexity index is 151. The van der Waals surface area contributed by atoms with Gasteiger partial charge in [-0.2, -0.15) is 11.8 Å². The summed E-state index contributed by atoms with van der Waals surface area (Å²) in [6.45, 7) is 4.84. The molecule has 0 fully saturated rings. The molecule has 1 amide bonds. The van der Waals surface area contributed by atoms with Crippen LogP contribution in [0.3, 0.4) is 0 Å². The molecule has 0 saturated heterocycles. The minimum absolute atomic E-state index is 0.0252. The molecule has 4 heteroatoms. The Morgan fingerprint density at radius 1 is 1.54 bits per heavy atom. The van der Waals surface area contributed by atoms with Gasteiger partial charge in [0.05, 0.1) is 6.04 Å². The summed E-state index contributed by atoms with van der Waals surface area (Å²) in [5.41, 5.74) is 5.66. The lowest BCUT2D eigenvalue weighted by Crippen LogP contribution is -2.42. The predicted octanol–water partition coefficient (Wildman–Crippen LogP) is 0.839. The fraction of sp³-hybridized carbons (Fsp3) is 0.889. The number of nitrogens with one attached hydrogen (secondary N) is 1. The van der Waals surface area contributed by atoms with Gasteiger partial charge in [0.1, 0.15) is 0 Å². The van der Waals surface area contributed by atoms with E-state index in [4.69, 9.17) is 5.73 Å². The molecular weight excluding hydrogens is 184 g/mol. The van der Waals surface area contributed by atoms with Gasteiger partial charge in [0.2, 0.25) is 5.91 Å². The van der Waals surface area contributed by atoms with Crippen LogP contribution in [0.15, 0.2) is 0 Å². The molecule has 3 nitrogen and oxygen atoms in total. The van der Waals surface area contributed by atoms with Crippen molar-refractivity contribution in [2.24, 2.45) is 11.7 Å². The van der Waals surface area contributed by atoms with Crippen molar-refractivity contribution in [1.82, 2.24) is 5.32 Å². The monoisotopic (exact) mass is 204 g/mol. The number of carbonyl (C=O) groups is 1. The van der Waals surface area contributed by atoms with Crippen molar-refractivity contribution in [3.8, 4) is 0 Å². The van der Waals surface area contributed by atoms with E-state index < -0.39 is 0 Å². The first-order valence-electron chi connectivity index (χ1n) is 4.60. The summed E-state index contributed by atoms with van der Waals surface area (Å²) < 4.78 is 0. The van der Waals surface area contributed by atoms with Crippen LogP contribution in [0, 0.1) is 5.92 Å². The molecule has 0 rings (SSSR count). The molecule has 0 unspecified atom stereocenters. The molecule has 0 aliphatic heterocycles. The molecule has 0 radical (unpaired) electrons. The van der Waals surface area contributed by atoms with Crippen LogP contribution < -0.4 is 11.1 Å². The predicted molar refractivity (Wildman–Crippen MR) is 58.8 cm³/mol. The van der Waals surface area contributed by atoms with Gasteiger partial charge in [-0.15, -0.1) is 0 Å². The zero-order valence-corrected chi connectivity index (χ0v) is 9.49. The van der Waals surface area contributed by atoms with Gasteiger partial charge in [-0.25, -0.2) is 0 Å². The van der Waals surface area contributed by atoms with Crippen molar-refractivity contribution < 1.29 is 4.79 Å². The maximum Gasteiger partial charge on any atom is 0.236 e. The van der Waals surface area contributed by atoms with E-state index >= 15 is 0 Å².